The molecule has 0 aliphatic rings. The molecule has 0 saturated heterocycles. The van der Waals surface area contributed by atoms with Crippen molar-refractivity contribution in [1.29, 1.82) is 0 Å². The number of fused-ring (bicyclic) bond motifs is 3. The van der Waals surface area contributed by atoms with Gasteiger partial charge in [-0.3, -0.25) is 0 Å². The van der Waals surface area contributed by atoms with E-state index in [0.29, 0.717) is 5.02 Å². The lowest BCUT2D eigenvalue weighted by molar-refractivity contribution is 1.26. The minimum Gasteiger partial charge on any atom is -0.309 e. The van der Waals surface area contributed by atoms with E-state index in [0.717, 1.165) is 34.1 Å². The lowest BCUT2D eigenvalue weighted by atomic mass is 10.1. The van der Waals surface area contributed by atoms with Gasteiger partial charge in [-0.15, -0.1) is 11.3 Å². The number of halogens is 1. The number of hydrogen-bond donors (Lipinski definition) is 0. The zero-order valence-electron chi connectivity index (χ0n) is 21.6. The Balaban J connectivity index is 1.46. The molecular weight excluding hydrogens is 528 g/mol. The van der Waals surface area contributed by atoms with Crippen molar-refractivity contribution in [3.05, 3.63) is 156 Å². The third-order valence-corrected chi connectivity index (χ3v) is 8.57. The normalized spacial score (nSPS) is 11.1. The summed E-state index contributed by atoms with van der Waals surface area (Å²) < 4.78 is 1.27. The summed E-state index contributed by atoms with van der Waals surface area (Å²) in [5.74, 6) is 0. The van der Waals surface area contributed by atoms with E-state index < -0.39 is 0 Å². The van der Waals surface area contributed by atoms with Gasteiger partial charge in [0.05, 0.1) is 22.1 Å². The molecule has 4 heteroatoms. The average molecular weight is 553 g/mol. The fourth-order valence-corrected chi connectivity index (χ4v) is 6.71. The Morgan fingerprint density at radius 2 is 0.950 bits per heavy atom. The van der Waals surface area contributed by atoms with E-state index in [1.54, 1.807) is 11.3 Å². The number of para-hydroxylation sites is 3. The Morgan fingerprint density at radius 1 is 0.425 bits per heavy atom. The quantitative estimate of drug-likeness (QED) is 0.202. The van der Waals surface area contributed by atoms with Gasteiger partial charge in [0, 0.05) is 32.5 Å². The highest BCUT2D eigenvalue weighted by atomic mass is 35.5. The number of hydrogen-bond acceptors (Lipinski definition) is 3. The predicted molar refractivity (Wildman–Crippen MR) is 174 cm³/mol. The molecule has 0 atom stereocenters. The number of anilines is 6. The van der Waals surface area contributed by atoms with Crippen molar-refractivity contribution in [1.82, 2.24) is 0 Å². The second kappa shape index (κ2) is 10.5. The first-order valence-electron chi connectivity index (χ1n) is 13.2. The molecule has 1 heterocycles. The zero-order chi connectivity index (χ0) is 26.9. The Kier molecular flexibility index (Phi) is 6.45. The van der Waals surface area contributed by atoms with E-state index in [1.807, 2.05) is 18.2 Å². The van der Waals surface area contributed by atoms with Crippen molar-refractivity contribution in [3.8, 4) is 0 Å². The molecule has 192 valence electrons. The number of rotatable bonds is 6. The van der Waals surface area contributed by atoms with Crippen LogP contribution in [-0.2, 0) is 0 Å². The maximum atomic E-state index is 7.43. The van der Waals surface area contributed by atoms with Gasteiger partial charge in [0.25, 0.3) is 0 Å². The number of thiophene rings is 1. The summed E-state index contributed by atoms with van der Waals surface area (Å²) in [7, 11) is 0. The third kappa shape index (κ3) is 4.30. The molecule has 0 aliphatic carbocycles. The Bertz CT molecular complexity index is 1880. The molecule has 7 rings (SSSR count). The molecule has 0 saturated carbocycles. The van der Waals surface area contributed by atoms with Crippen LogP contribution in [0.15, 0.2) is 151 Å². The first kappa shape index (κ1) is 24.5. The SMILES string of the molecule is Clc1c(N(c2ccccc2)c2ccccc2)cccc1N(c1ccccc1)c1csc2c1ccc1ccccc12. The summed E-state index contributed by atoms with van der Waals surface area (Å²) in [6.45, 7) is 0. The van der Waals surface area contributed by atoms with Gasteiger partial charge >= 0.3 is 0 Å². The minimum absolute atomic E-state index is 0.680. The van der Waals surface area contributed by atoms with Crippen LogP contribution >= 0.6 is 22.9 Å². The molecule has 0 fully saturated rings. The number of nitrogens with zero attached hydrogens (tertiary/aromatic N) is 2. The highest BCUT2D eigenvalue weighted by molar-refractivity contribution is 7.19. The second-order valence-corrected chi connectivity index (χ2v) is 10.8. The van der Waals surface area contributed by atoms with E-state index in [-0.39, 0.29) is 0 Å². The van der Waals surface area contributed by atoms with Gasteiger partial charge in [-0.1, -0.05) is 109 Å². The van der Waals surface area contributed by atoms with Crippen LogP contribution < -0.4 is 9.80 Å². The topological polar surface area (TPSA) is 6.48 Å². The predicted octanol–water partition coefficient (Wildman–Crippen LogP) is 11.6. The Morgan fingerprint density at radius 3 is 1.57 bits per heavy atom. The van der Waals surface area contributed by atoms with Gasteiger partial charge in [-0.25, -0.2) is 0 Å². The smallest absolute Gasteiger partial charge is 0.0887 e. The fourth-order valence-electron chi connectivity index (χ4n) is 5.34. The van der Waals surface area contributed by atoms with Crippen LogP contribution in [0.1, 0.15) is 0 Å². The van der Waals surface area contributed by atoms with E-state index in [9.17, 15) is 0 Å². The molecule has 1 aromatic heterocycles. The molecule has 2 nitrogen and oxygen atoms in total. The van der Waals surface area contributed by atoms with Crippen LogP contribution in [0.25, 0.3) is 20.9 Å². The van der Waals surface area contributed by atoms with Crippen LogP contribution in [0.4, 0.5) is 34.1 Å². The molecule has 7 aromatic rings. The van der Waals surface area contributed by atoms with Crippen LogP contribution in [0.3, 0.4) is 0 Å². The summed E-state index contributed by atoms with van der Waals surface area (Å²) in [6, 6.07) is 50.5. The van der Waals surface area contributed by atoms with Crippen molar-refractivity contribution in [3.63, 3.8) is 0 Å². The van der Waals surface area contributed by atoms with Crippen molar-refractivity contribution < 1.29 is 0 Å². The van der Waals surface area contributed by atoms with Gasteiger partial charge in [0.1, 0.15) is 0 Å². The van der Waals surface area contributed by atoms with E-state index in [2.05, 4.69) is 143 Å². The zero-order valence-corrected chi connectivity index (χ0v) is 23.2. The molecular formula is C36H25ClN2S. The highest BCUT2D eigenvalue weighted by Gasteiger charge is 2.23. The van der Waals surface area contributed by atoms with Crippen molar-refractivity contribution in [2.75, 3.05) is 9.80 Å². The molecule has 0 spiro atoms. The third-order valence-electron chi connectivity index (χ3n) is 7.17. The molecule has 0 amide bonds. The lowest BCUT2D eigenvalue weighted by Crippen LogP contribution is -2.14. The Hall–Kier alpha value is -4.57. The molecule has 0 radical (unpaired) electrons. The maximum Gasteiger partial charge on any atom is 0.0887 e. The summed E-state index contributed by atoms with van der Waals surface area (Å²) in [4.78, 5) is 4.50. The van der Waals surface area contributed by atoms with Crippen molar-refractivity contribution in [2.24, 2.45) is 0 Å². The summed E-state index contributed by atoms with van der Waals surface area (Å²) in [5, 5.41) is 6.65. The first-order chi connectivity index (χ1) is 19.8. The van der Waals surface area contributed by atoms with Crippen LogP contribution in [0, 0.1) is 0 Å². The van der Waals surface area contributed by atoms with E-state index >= 15 is 0 Å². The molecule has 0 N–H and O–H groups in total. The van der Waals surface area contributed by atoms with Gasteiger partial charge in [0.15, 0.2) is 0 Å². The standard InChI is InChI=1S/C36H25ClN2S/c37-35-32(38(27-14-4-1-5-15-27)28-16-6-2-7-17-28)21-12-22-33(35)39(29-18-8-3-9-19-29)34-25-40-36-30-20-11-10-13-26(30)23-24-31(34)36/h1-25H. The molecule has 6 aromatic carbocycles. The van der Waals surface area contributed by atoms with Gasteiger partial charge in [-0.05, 0) is 59.3 Å². The molecule has 40 heavy (non-hydrogen) atoms. The molecule has 0 unspecified atom stereocenters. The largest absolute Gasteiger partial charge is 0.309 e. The average Bonchev–Trinajstić information content (AvgIpc) is 3.45. The second-order valence-electron chi connectivity index (χ2n) is 9.57. The minimum atomic E-state index is 0.680. The Labute approximate surface area is 242 Å². The monoisotopic (exact) mass is 552 g/mol. The molecule has 0 aliphatic heterocycles. The fraction of sp³-hybridized carbons (Fsp3) is 0. The first-order valence-corrected chi connectivity index (χ1v) is 14.5. The van der Waals surface area contributed by atoms with Gasteiger partial charge in [-0.2, -0.15) is 0 Å². The number of benzene rings is 6. The van der Waals surface area contributed by atoms with Crippen LogP contribution in [-0.4, -0.2) is 0 Å². The van der Waals surface area contributed by atoms with Crippen molar-refractivity contribution in [2.45, 2.75) is 0 Å². The van der Waals surface area contributed by atoms with Crippen LogP contribution in [0.2, 0.25) is 5.02 Å². The summed E-state index contributed by atoms with van der Waals surface area (Å²) >= 11 is 9.21. The highest BCUT2D eigenvalue weighted by Crippen LogP contribution is 2.49. The summed E-state index contributed by atoms with van der Waals surface area (Å²) in [6.07, 6.45) is 0. The maximum absolute atomic E-state index is 7.43. The summed E-state index contributed by atoms with van der Waals surface area (Å²) in [5.41, 5.74) is 6.11. The van der Waals surface area contributed by atoms with Crippen molar-refractivity contribution >= 4 is 77.9 Å². The van der Waals surface area contributed by atoms with E-state index in [4.69, 9.17) is 11.6 Å². The van der Waals surface area contributed by atoms with Crippen LogP contribution in [0.5, 0.6) is 0 Å². The molecule has 0 bridgehead atoms. The van der Waals surface area contributed by atoms with Gasteiger partial charge in [0.2, 0.25) is 0 Å². The van der Waals surface area contributed by atoms with Gasteiger partial charge < -0.3 is 9.80 Å². The lowest BCUT2D eigenvalue weighted by Gasteiger charge is -2.30. The van der Waals surface area contributed by atoms with E-state index in [1.165, 1.54) is 20.9 Å².